The number of aliphatic hydroxyl groups excluding tert-OH is 1. The third-order valence-electron chi connectivity index (χ3n) is 4.17. The molecule has 1 fully saturated rings. The highest BCUT2D eigenvalue weighted by Crippen LogP contribution is 2.27. The van der Waals surface area contributed by atoms with E-state index in [0.717, 1.165) is 11.3 Å². The lowest BCUT2D eigenvalue weighted by Gasteiger charge is -2.21. The molecule has 128 valence electrons. The van der Waals surface area contributed by atoms with Crippen LogP contribution in [0.1, 0.15) is 22.0 Å². The largest absolute Gasteiger partial charge is 0.388 e. The number of thiophene rings is 1. The minimum atomic E-state index is -0.646. The summed E-state index contributed by atoms with van der Waals surface area (Å²) in [6, 6.07) is 11.4. The van der Waals surface area contributed by atoms with E-state index in [1.165, 1.54) is 11.1 Å². The molecular weight excluding hydrogens is 324 g/mol. The smallest absolute Gasteiger partial charge is 0.315 e. The van der Waals surface area contributed by atoms with Crippen LogP contribution < -0.4 is 10.6 Å². The molecule has 2 aromatic rings. The van der Waals surface area contributed by atoms with Gasteiger partial charge in [-0.15, -0.1) is 11.3 Å². The number of carbonyl (C=O) groups is 1. The van der Waals surface area contributed by atoms with E-state index in [-0.39, 0.29) is 24.7 Å². The summed E-state index contributed by atoms with van der Waals surface area (Å²) in [7, 11) is 0. The summed E-state index contributed by atoms with van der Waals surface area (Å²) in [6.45, 7) is 2.66. The Kier molecular flexibility index (Phi) is 5.50. The number of urea groups is 1. The second kappa shape index (κ2) is 7.79. The van der Waals surface area contributed by atoms with E-state index in [4.69, 9.17) is 4.74 Å². The van der Waals surface area contributed by atoms with Crippen LogP contribution in [0.15, 0.2) is 41.8 Å². The van der Waals surface area contributed by atoms with Crippen LogP contribution in [0.5, 0.6) is 0 Å². The van der Waals surface area contributed by atoms with Crippen molar-refractivity contribution in [3.63, 3.8) is 0 Å². The average Bonchev–Trinajstić information content (AvgIpc) is 3.16. The Labute approximate surface area is 145 Å². The molecule has 1 aliphatic heterocycles. The number of ether oxygens (including phenoxy) is 1. The van der Waals surface area contributed by atoms with Gasteiger partial charge in [-0.25, -0.2) is 4.79 Å². The second-order valence-corrected chi connectivity index (χ2v) is 6.99. The van der Waals surface area contributed by atoms with Crippen molar-refractivity contribution in [2.24, 2.45) is 0 Å². The Bertz CT molecular complexity index is 674. The van der Waals surface area contributed by atoms with Crippen molar-refractivity contribution in [1.29, 1.82) is 0 Å². The quantitative estimate of drug-likeness (QED) is 0.778. The lowest BCUT2D eigenvalue weighted by atomic mass is 10.0. The molecule has 2 heterocycles. The number of nitrogens with one attached hydrogen (secondary N) is 2. The third-order valence-corrected chi connectivity index (χ3v) is 5.31. The number of hydrogen-bond acceptors (Lipinski definition) is 4. The zero-order valence-corrected chi connectivity index (χ0v) is 14.4. The van der Waals surface area contributed by atoms with Gasteiger partial charge in [-0.1, -0.05) is 30.3 Å². The van der Waals surface area contributed by atoms with E-state index in [1.54, 1.807) is 11.3 Å². The molecule has 0 saturated carbocycles. The summed E-state index contributed by atoms with van der Waals surface area (Å²) in [4.78, 5) is 13.5. The van der Waals surface area contributed by atoms with Gasteiger partial charge >= 0.3 is 6.03 Å². The molecule has 0 unspecified atom stereocenters. The maximum atomic E-state index is 12.4. The first-order chi connectivity index (χ1) is 11.6. The summed E-state index contributed by atoms with van der Waals surface area (Å²) in [6.07, 6.45) is 0.0751. The topological polar surface area (TPSA) is 70.6 Å². The molecule has 0 radical (unpaired) electrons. The number of amides is 2. The predicted molar refractivity (Wildman–Crippen MR) is 94.2 cm³/mol. The zero-order chi connectivity index (χ0) is 16.9. The van der Waals surface area contributed by atoms with Crippen LogP contribution in [0, 0.1) is 6.92 Å². The molecule has 0 bridgehead atoms. The number of aryl methyl sites for hydroxylation is 1. The van der Waals surface area contributed by atoms with Crippen molar-refractivity contribution in [3.05, 3.63) is 57.8 Å². The van der Waals surface area contributed by atoms with Crippen LogP contribution in [0.25, 0.3) is 0 Å². The number of benzene rings is 1. The van der Waals surface area contributed by atoms with Crippen molar-refractivity contribution in [1.82, 2.24) is 10.6 Å². The third kappa shape index (κ3) is 4.14. The van der Waals surface area contributed by atoms with Gasteiger partial charge in [0, 0.05) is 4.88 Å². The maximum Gasteiger partial charge on any atom is 0.315 e. The first-order valence-electron chi connectivity index (χ1n) is 8.04. The first kappa shape index (κ1) is 17.0. The molecule has 24 heavy (non-hydrogen) atoms. The lowest BCUT2D eigenvalue weighted by molar-refractivity contribution is 0.122. The van der Waals surface area contributed by atoms with E-state index < -0.39 is 6.10 Å². The fraction of sp³-hybridized carbons (Fsp3) is 0.389. The van der Waals surface area contributed by atoms with Gasteiger partial charge < -0.3 is 20.5 Å². The van der Waals surface area contributed by atoms with Gasteiger partial charge in [0.15, 0.2) is 0 Å². The van der Waals surface area contributed by atoms with Gasteiger partial charge in [-0.3, -0.25) is 0 Å². The van der Waals surface area contributed by atoms with Gasteiger partial charge in [-0.05, 0) is 35.9 Å². The van der Waals surface area contributed by atoms with Gasteiger partial charge in [-0.2, -0.15) is 0 Å². The van der Waals surface area contributed by atoms with Crippen molar-refractivity contribution >= 4 is 17.4 Å². The summed E-state index contributed by atoms with van der Waals surface area (Å²) in [5.74, 6) is 0. The first-order valence-corrected chi connectivity index (χ1v) is 8.92. The van der Waals surface area contributed by atoms with Crippen LogP contribution in [0.2, 0.25) is 0 Å². The SMILES string of the molecule is Cc1ccsc1[C@H](Cc1ccccc1)NC(=O)N[C@H]1COC[C@H]1O. The van der Waals surface area contributed by atoms with Crippen LogP contribution >= 0.6 is 11.3 Å². The van der Waals surface area contributed by atoms with E-state index in [0.29, 0.717) is 6.61 Å². The molecule has 2 amide bonds. The Morgan fingerprint density at radius 1 is 1.33 bits per heavy atom. The van der Waals surface area contributed by atoms with E-state index in [9.17, 15) is 9.90 Å². The minimum Gasteiger partial charge on any atom is -0.388 e. The summed E-state index contributed by atoms with van der Waals surface area (Å²) >= 11 is 1.65. The summed E-state index contributed by atoms with van der Waals surface area (Å²) < 4.78 is 5.17. The Morgan fingerprint density at radius 3 is 2.75 bits per heavy atom. The summed E-state index contributed by atoms with van der Waals surface area (Å²) in [5, 5.41) is 17.7. The van der Waals surface area contributed by atoms with E-state index >= 15 is 0 Å². The number of hydrogen-bond donors (Lipinski definition) is 3. The standard InChI is InChI=1S/C18H22N2O3S/c1-12-7-8-24-17(12)14(9-13-5-3-2-4-6-13)19-18(22)20-15-10-23-11-16(15)21/h2-8,14-16,21H,9-11H2,1H3,(H2,19,20,22)/t14-,15-,16+/m0/s1. The lowest BCUT2D eigenvalue weighted by Crippen LogP contribution is -2.48. The normalized spacial score (nSPS) is 21.4. The van der Waals surface area contributed by atoms with Crippen molar-refractivity contribution < 1.29 is 14.6 Å². The summed E-state index contributed by atoms with van der Waals surface area (Å²) in [5.41, 5.74) is 2.34. The number of rotatable bonds is 5. The van der Waals surface area contributed by atoms with Crippen LogP contribution in [-0.4, -0.2) is 36.5 Å². The monoisotopic (exact) mass is 346 g/mol. The fourth-order valence-corrected chi connectivity index (χ4v) is 3.83. The zero-order valence-electron chi connectivity index (χ0n) is 13.6. The van der Waals surface area contributed by atoms with Gasteiger partial charge in [0.05, 0.1) is 31.4 Å². The molecule has 1 aromatic heterocycles. The number of carbonyl (C=O) groups excluding carboxylic acids is 1. The van der Waals surface area contributed by atoms with Gasteiger partial charge in [0.2, 0.25) is 0 Å². The molecule has 3 rings (SSSR count). The van der Waals surface area contributed by atoms with Crippen molar-refractivity contribution in [2.45, 2.75) is 31.5 Å². The van der Waals surface area contributed by atoms with Crippen molar-refractivity contribution in [3.8, 4) is 0 Å². The van der Waals surface area contributed by atoms with Gasteiger partial charge in [0.1, 0.15) is 0 Å². The Balaban J connectivity index is 1.70. The van der Waals surface area contributed by atoms with Gasteiger partial charge in [0.25, 0.3) is 0 Å². The molecular formula is C18H22N2O3S. The van der Waals surface area contributed by atoms with E-state index in [1.807, 2.05) is 23.6 Å². The highest BCUT2D eigenvalue weighted by Gasteiger charge is 2.28. The highest BCUT2D eigenvalue weighted by atomic mass is 32.1. The molecule has 5 nitrogen and oxygen atoms in total. The van der Waals surface area contributed by atoms with Crippen LogP contribution in [-0.2, 0) is 11.2 Å². The molecule has 6 heteroatoms. The molecule has 0 spiro atoms. The average molecular weight is 346 g/mol. The molecule has 0 aliphatic carbocycles. The highest BCUT2D eigenvalue weighted by molar-refractivity contribution is 7.10. The maximum absolute atomic E-state index is 12.4. The Hall–Kier alpha value is -1.89. The second-order valence-electron chi connectivity index (χ2n) is 6.04. The van der Waals surface area contributed by atoms with Crippen LogP contribution in [0.4, 0.5) is 4.79 Å². The number of aliphatic hydroxyl groups is 1. The molecule has 1 aromatic carbocycles. The predicted octanol–water partition coefficient (Wildman–Crippen LogP) is 2.40. The fourth-order valence-electron chi connectivity index (χ4n) is 2.85. The molecule has 1 saturated heterocycles. The molecule has 3 atom stereocenters. The Morgan fingerprint density at radius 2 is 2.12 bits per heavy atom. The van der Waals surface area contributed by atoms with E-state index in [2.05, 4.69) is 35.8 Å². The minimum absolute atomic E-state index is 0.105. The molecule has 1 aliphatic rings. The molecule has 3 N–H and O–H groups in total. The van der Waals surface area contributed by atoms with Crippen LogP contribution in [0.3, 0.4) is 0 Å². The van der Waals surface area contributed by atoms with Crippen molar-refractivity contribution in [2.75, 3.05) is 13.2 Å².